The molecule has 190 valence electrons. The molecule has 0 heterocycles. The molecule has 0 radical (unpaired) electrons. The van der Waals surface area contributed by atoms with Crippen molar-refractivity contribution in [2.75, 3.05) is 6.61 Å². The summed E-state index contributed by atoms with van der Waals surface area (Å²) in [6.07, 6.45) is 0.221. The fourth-order valence-electron chi connectivity index (χ4n) is 3.57. The maximum atomic E-state index is 13.1. The summed E-state index contributed by atoms with van der Waals surface area (Å²) in [7, 11) is 0. The molecule has 7 heteroatoms. The van der Waals surface area contributed by atoms with Crippen LogP contribution in [0, 0.1) is 11.8 Å². The van der Waals surface area contributed by atoms with Crippen LogP contribution in [0.1, 0.15) is 51.7 Å². The molecule has 0 aliphatic carbocycles. The van der Waals surface area contributed by atoms with Crippen molar-refractivity contribution in [1.82, 2.24) is 10.6 Å². The minimum atomic E-state index is -0.814. The van der Waals surface area contributed by atoms with Crippen LogP contribution in [0.25, 0.3) is 0 Å². The average Bonchev–Trinajstić information content (AvgIpc) is 2.82. The first-order valence-corrected chi connectivity index (χ1v) is 12.2. The zero-order valence-electron chi connectivity index (χ0n) is 21.2. The molecule has 7 nitrogen and oxygen atoms in total. The van der Waals surface area contributed by atoms with Crippen LogP contribution in [0.15, 0.2) is 60.7 Å². The van der Waals surface area contributed by atoms with Gasteiger partial charge in [0, 0.05) is 0 Å². The van der Waals surface area contributed by atoms with Gasteiger partial charge in [0.15, 0.2) is 5.78 Å². The molecule has 0 fully saturated rings. The van der Waals surface area contributed by atoms with Crippen molar-refractivity contribution in [2.45, 2.75) is 65.8 Å². The predicted molar refractivity (Wildman–Crippen MR) is 135 cm³/mol. The summed E-state index contributed by atoms with van der Waals surface area (Å²) >= 11 is 0. The van der Waals surface area contributed by atoms with E-state index in [2.05, 4.69) is 10.6 Å². The number of carbonyl (C=O) groups excluding carboxylic acids is 3. The maximum absolute atomic E-state index is 13.1. The largest absolute Gasteiger partial charge is 0.445 e. The topological polar surface area (TPSA) is 93.7 Å². The van der Waals surface area contributed by atoms with Crippen molar-refractivity contribution in [2.24, 2.45) is 11.8 Å². The molecular weight excluding hydrogens is 444 g/mol. The van der Waals surface area contributed by atoms with Crippen LogP contribution >= 0.6 is 0 Å². The van der Waals surface area contributed by atoms with E-state index in [4.69, 9.17) is 9.47 Å². The van der Waals surface area contributed by atoms with E-state index in [0.717, 1.165) is 11.1 Å². The molecule has 2 atom stereocenters. The van der Waals surface area contributed by atoms with E-state index in [9.17, 15) is 14.4 Å². The normalized spacial score (nSPS) is 12.7. The Hall–Kier alpha value is -3.19. The number of alkyl carbamates (subject to hydrolysis) is 1. The van der Waals surface area contributed by atoms with Gasteiger partial charge >= 0.3 is 6.09 Å². The Kier molecular flexibility index (Phi) is 12.0. The summed E-state index contributed by atoms with van der Waals surface area (Å²) < 4.78 is 10.9. The number of Topliss-reactive ketones (excluding diaryl/α,β-unsaturated/α-hetero) is 1. The van der Waals surface area contributed by atoms with E-state index in [0.29, 0.717) is 19.4 Å². The number of rotatable bonds is 14. The lowest BCUT2D eigenvalue weighted by Crippen LogP contribution is -2.53. The van der Waals surface area contributed by atoms with Crippen molar-refractivity contribution in [1.29, 1.82) is 0 Å². The molecule has 0 unspecified atom stereocenters. The highest BCUT2D eigenvalue weighted by atomic mass is 16.5. The van der Waals surface area contributed by atoms with Crippen molar-refractivity contribution >= 4 is 17.8 Å². The van der Waals surface area contributed by atoms with Gasteiger partial charge < -0.3 is 20.1 Å². The highest BCUT2D eigenvalue weighted by Gasteiger charge is 2.28. The van der Waals surface area contributed by atoms with Gasteiger partial charge in [-0.3, -0.25) is 9.59 Å². The molecule has 2 rings (SSSR count). The second-order valence-electron chi connectivity index (χ2n) is 9.52. The van der Waals surface area contributed by atoms with Gasteiger partial charge in [0.2, 0.25) is 5.91 Å². The second kappa shape index (κ2) is 14.9. The second-order valence-corrected chi connectivity index (χ2v) is 9.52. The van der Waals surface area contributed by atoms with Crippen LogP contribution in [0.5, 0.6) is 0 Å². The fourth-order valence-corrected chi connectivity index (χ4v) is 3.57. The molecule has 0 saturated heterocycles. The molecule has 0 aromatic heterocycles. The summed E-state index contributed by atoms with van der Waals surface area (Å²) in [5.41, 5.74) is 1.82. The van der Waals surface area contributed by atoms with Gasteiger partial charge in [-0.1, -0.05) is 88.4 Å². The summed E-state index contributed by atoms with van der Waals surface area (Å²) in [6.45, 7) is 8.23. The van der Waals surface area contributed by atoms with Crippen LogP contribution in [0.2, 0.25) is 0 Å². The first-order valence-electron chi connectivity index (χ1n) is 12.2. The Balaban J connectivity index is 1.95. The molecule has 0 aliphatic rings. The smallest absolute Gasteiger partial charge is 0.408 e. The molecule has 0 aliphatic heterocycles. The molecule has 0 spiro atoms. The van der Waals surface area contributed by atoms with Gasteiger partial charge in [-0.15, -0.1) is 0 Å². The Labute approximate surface area is 208 Å². The van der Waals surface area contributed by atoms with Crippen LogP contribution < -0.4 is 10.6 Å². The SMILES string of the molecule is CC(C)C[C@H](NC(=O)[C@H](CC(C)C)NC(=O)OCc1ccccc1)C(=O)COCc1ccccc1. The predicted octanol–water partition coefficient (Wildman–Crippen LogP) is 4.64. The lowest BCUT2D eigenvalue weighted by molar-refractivity contribution is -0.132. The highest BCUT2D eigenvalue weighted by Crippen LogP contribution is 2.11. The van der Waals surface area contributed by atoms with Gasteiger partial charge in [-0.05, 0) is 35.8 Å². The summed E-state index contributed by atoms with van der Waals surface area (Å²) in [6, 6.07) is 17.4. The minimum absolute atomic E-state index is 0.103. The number of benzene rings is 2. The minimum Gasteiger partial charge on any atom is -0.445 e. The number of ether oxygens (including phenoxy) is 2. The summed E-state index contributed by atoms with van der Waals surface area (Å²) in [5.74, 6) is -0.269. The summed E-state index contributed by atoms with van der Waals surface area (Å²) in [4.78, 5) is 38.4. The van der Waals surface area contributed by atoms with Crippen molar-refractivity contribution in [3.8, 4) is 0 Å². The molecular formula is C28H38N2O5. The number of amides is 2. The van der Waals surface area contributed by atoms with E-state index in [-0.39, 0.29) is 30.8 Å². The van der Waals surface area contributed by atoms with Gasteiger partial charge in [-0.25, -0.2) is 4.79 Å². The van der Waals surface area contributed by atoms with Crippen molar-refractivity contribution < 1.29 is 23.9 Å². The Morgan fingerprint density at radius 1 is 0.714 bits per heavy atom. The Morgan fingerprint density at radius 2 is 1.23 bits per heavy atom. The van der Waals surface area contributed by atoms with E-state index in [1.54, 1.807) is 0 Å². The van der Waals surface area contributed by atoms with Crippen LogP contribution in [-0.4, -0.2) is 36.5 Å². The van der Waals surface area contributed by atoms with E-state index in [1.165, 1.54) is 0 Å². The van der Waals surface area contributed by atoms with Gasteiger partial charge in [0.1, 0.15) is 19.3 Å². The first kappa shape index (κ1) is 28.1. The number of ketones is 1. The molecule has 2 amide bonds. The van der Waals surface area contributed by atoms with Crippen molar-refractivity contribution in [3.63, 3.8) is 0 Å². The van der Waals surface area contributed by atoms with Gasteiger partial charge in [0.05, 0.1) is 12.6 Å². The number of nitrogens with one attached hydrogen (secondary N) is 2. The average molecular weight is 483 g/mol. The third-order valence-corrected chi connectivity index (χ3v) is 5.30. The molecule has 2 aromatic carbocycles. The quantitative estimate of drug-likeness (QED) is 0.409. The van der Waals surface area contributed by atoms with Gasteiger partial charge in [0.25, 0.3) is 0 Å². The van der Waals surface area contributed by atoms with E-state index < -0.39 is 24.1 Å². The van der Waals surface area contributed by atoms with Crippen LogP contribution in [-0.2, 0) is 32.3 Å². The number of hydrogen-bond acceptors (Lipinski definition) is 5. The molecule has 2 N–H and O–H groups in total. The third kappa shape index (κ3) is 11.2. The van der Waals surface area contributed by atoms with E-state index >= 15 is 0 Å². The maximum Gasteiger partial charge on any atom is 0.408 e. The zero-order valence-corrected chi connectivity index (χ0v) is 21.2. The monoisotopic (exact) mass is 482 g/mol. The molecule has 0 bridgehead atoms. The third-order valence-electron chi connectivity index (χ3n) is 5.30. The first-order chi connectivity index (χ1) is 16.7. The highest BCUT2D eigenvalue weighted by molar-refractivity contribution is 5.92. The zero-order chi connectivity index (χ0) is 25.6. The van der Waals surface area contributed by atoms with Crippen LogP contribution in [0.4, 0.5) is 4.79 Å². The van der Waals surface area contributed by atoms with Gasteiger partial charge in [-0.2, -0.15) is 0 Å². The van der Waals surface area contributed by atoms with Crippen molar-refractivity contribution in [3.05, 3.63) is 71.8 Å². The fraction of sp³-hybridized carbons (Fsp3) is 0.464. The molecule has 0 saturated carbocycles. The lowest BCUT2D eigenvalue weighted by atomic mass is 9.98. The van der Waals surface area contributed by atoms with Crippen LogP contribution in [0.3, 0.4) is 0 Å². The molecule has 2 aromatic rings. The van der Waals surface area contributed by atoms with E-state index in [1.807, 2.05) is 88.4 Å². The number of hydrogen-bond donors (Lipinski definition) is 2. The Bertz CT molecular complexity index is 915. The lowest BCUT2D eigenvalue weighted by Gasteiger charge is -2.24. The number of carbonyl (C=O) groups is 3. The standard InChI is InChI=1S/C28H38N2O5/c1-20(2)15-24(26(31)19-34-17-22-11-7-5-8-12-22)29-27(32)25(16-21(3)4)30-28(33)35-18-23-13-9-6-10-14-23/h5-14,20-21,24-25H,15-19H2,1-4H3,(H,29,32)(H,30,33)/t24-,25-/m0/s1. The Morgan fingerprint density at radius 3 is 1.77 bits per heavy atom. The summed E-state index contributed by atoms with van der Waals surface area (Å²) in [5, 5.41) is 5.51. The molecule has 35 heavy (non-hydrogen) atoms.